The summed E-state index contributed by atoms with van der Waals surface area (Å²) in [5.74, 6) is -1.77. The predicted molar refractivity (Wildman–Crippen MR) is 138 cm³/mol. The van der Waals surface area contributed by atoms with Crippen molar-refractivity contribution in [3.8, 4) is 11.5 Å². The molecule has 1 saturated heterocycles. The van der Waals surface area contributed by atoms with Crippen LogP contribution >= 0.6 is 0 Å². The molecule has 196 valence electrons. The number of hydrogen-bond acceptors (Lipinski definition) is 6. The molecule has 3 heterocycles. The second-order valence-electron chi connectivity index (χ2n) is 10.2. The summed E-state index contributed by atoms with van der Waals surface area (Å²) in [6.45, 7) is 4.11. The van der Waals surface area contributed by atoms with Crippen LogP contribution in [-0.4, -0.2) is 37.5 Å². The van der Waals surface area contributed by atoms with Crippen LogP contribution in [0, 0.1) is 11.3 Å². The van der Waals surface area contributed by atoms with Crippen molar-refractivity contribution in [1.29, 1.82) is 0 Å². The topological polar surface area (TPSA) is 116 Å². The molecule has 2 amide bonds. The minimum atomic E-state index is -1.17. The monoisotopic (exact) mass is 516 g/mol. The van der Waals surface area contributed by atoms with E-state index in [9.17, 15) is 24.3 Å². The molecule has 2 aromatic carbocycles. The number of imide groups is 1. The number of rotatable bonds is 4. The zero-order chi connectivity index (χ0) is 26.9. The lowest BCUT2D eigenvalue weighted by atomic mass is 9.56. The summed E-state index contributed by atoms with van der Waals surface area (Å²) in [4.78, 5) is 55.4. The maximum atomic E-state index is 14.2. The second kappa shape index (κ2) is 8.34. The van der Waals surface area contributed by atoms with E-state index in [4.69, 9.17) is 4.74 Å². The number of phenolic OH excluding ortho intramolecular Hbond substituents is 1. The van der Waals surface area contributed by atoms with Crippen LogP contribution in [-0.2, 0) is 23.2 Å². The fourth-order valence-corrected chi connectivity index (χ4v) is 6.57. The lowest BCUT2D eigenvalue weighted by Crippen LogP contribution is -2.49. The highest BCUT2D eigenvalue weighted by molar-refractivity contribution is 6.24. The van der Waals surface area contributed by atoms with Crippen LogP contribution in [0.2, 0.25) is 0 Å². The molecule has 3 aliphatic rings. The summed E-state index contributed by atoms with van der Waals surface area (Å²) in [5, 5.41) is 10.4. The van der Waals surface area contributed by atoms with Gasteiger partial charge in [-0.1, -0.05) is 30.3 Å². The van der Waals surface area contributed by atoms with Crippen molar-refractivity contribution in [2.45, 2.75) is 38.8 Å². The van der Waals surface area contributed by atoms with E-state index in [1.54, 1.807) is 36.4 Å². The highest BCUT2D eigenvalue weighted by Gasteiger charge is 2.65. The van der Waals surface area contributed by atoms with Crippen LogP contribution in [0.25, 0.3) is 0 Å². The molecule has 1 aliphatic carbocycles. The van der Waals surface area contributed by atoms with Gasteiger partial charge < -0.3 is 9.84 Å². The number of benzene rings is 2. The number of carbonyl (C=O) groups excluding carboxylic acids is 2. The Hall–Kier alpha value is -4.34. The van der Waals surface area contributed by atoms with Crippen LogP contribution in [0.5, 0.6) is 11.5 Å². The quantitative estimate of drug-likeness (QED) is 0.420. The predicted octanol–water partition coefficient (Wildman–Crippen LogP) is 2.32. The van der Waals surface area contributed by atoms with Gasteiger partial charge in [-0.25, -0.2) is 28.4 Å². The number of anilines is 1. The summed E-state index contributed by atoms with van der Waals surface area (Å²) in [7, 11) is 1.43. The maximum absolute atomic E-state index is 14.2. The lowest BCUT2D eigenvalue weighted by Gasteiger charge is -2.47. The first-order valence-electron chi connectivity index (χ1n) is 12.7. The summed E-state index contributed by atoms with van der Waals surface area (Å²) >= 11 is 0. The molecule has 0 bridgehead atoms. The number of aromatic nitrogens is 3. The minimum absolute atomic E-state index is 0.0323. The minimum Gasteiger partial charge on any atom is -0.504 e. The molecule has 6 rings (SSSR count). The Morgan fingerprint density at radius 3 is 2.50 bits per heavy atom. The van der Waals surface area contributed by atoms with Gasteiger partial charge in [0.25, 0.3) is 0 Å². The Bertz CT molecular complexity index is 1630. The molecule has 4 atom stereocenters. The van der Waals surface area contributed by atoms with E-state index < -0.39 is 34.7 Å². The number of carbonyl (C=O) groups is 2. The fourth-order valence-electron chi connectivity index (χ4n) is 6.57. The van der Waals surface area contributed by atoms with Gasteiger partial charge in [0.1, 0.15) is 0 Å². The molecular formula is C28H28N4O6. The molecule has 0 radical (unpaired) electrons. The molecule has 1 N–H and O–H groups in total. The highest BCUT2D eigenvalue weighted by atomic mass is 16.5. The van der Waals surface area contributed by atoms with Crippen molar-refractivity contribution >= 4 is 17.5 Å². The van der Waals surface area contributed by atoms with Crippen molar-refractivity contribution in [3.05, 3.63) is 86.7 Å². The Morgan fingerprint density at radius 1 is 1.05 bits per heavy atom. The van der Waals surface area contributed by atoms with Gasteiger partial charge in [0.15, 0.2) is 11.5 Å². The highest BCUT2D eigenvalue weighted by Crippen LogP contribution is 2.61. The molecule has 10 heteroatoms. The first-order valence-corrected chi connectivity index (χ1v) is 12.7. The van der Waals surface area contributed by atoms with Gasteiger partial charge in [0, 0.05) is 13.0 Å². The van der Waals surface area contributed by atoms with Gasteiger partial charge in [0.2, 0.25) is 11.8 Å². The normalized spacial score (nSPS) is 26.0. The van der Waals surface area contributed by atoms with E-state index in [0.717, 1.165) is 10.1 Å². The number of phenols is 1. The van der Waals surface area contributed by atoms with Crippen LogP contribution in [0.1, 0.15) is 37.8 Å². The Labute approximate surface area is 218 Å². The largest absolute Gasteiger partial charge is 0.504 e. The Kier molecular flexibility index (Phi) is 5.27. The van der Waals surface area contributed by atoms with Crippen LogP contribution < -0.4 is 21.0 Å². The molecule has 2 fully saturated rings. The van der Waals surface area contributed by atoms with Crippen molar-refractivity contribution < 1.29 is 19.4 Å². The smallest absolute Gasteiger partial charge is 0.347 e. The van der Waals surface area contributed by atoms with Crippen molar-refractivity contribution in [3.63, 3.8) is 0 Å². The number of ether oxygens (including phenoxy) is 1. The third-order valence-corrected chi connectivity index (χ3v) is 8.36. The molecule has 38 heavy (non-hydrogen) atoms. The van der Waals surface area contributed by atoms with Gasteiger partial charge in [-0.15, -0.1) is 0 Å². The number of fused-ring (bicyclic) bond motifs is 4. The van der Waals surface area contributed by atoms with E-state index in [2.05, 4.69) is 0 Å². The van der Waals surface area contributed by atoms with Crippen molar-refractivity contribution in [2.24, 2.45) is 18.4 Å². The standard InChI is InChI=1S/C28H28N4O6/c1-4-38-22-14-16(10-11-21(22)33)23-18-12-13-30-26(36)29(3)27(37)32(30)20(18)15-19-24(34)31(25(35)28(19,23)2)17-8-6-5-7-9-17/h5-12,14,19-20,23,33H,4,13,15H2,1-3H3. The van der Waals surface area contributed by atoms with E-state index in [0.29, 0.717) is 17.9 Å². The van der Waals surface area contributed by atoms with Gasteiger partial charge in [-0.2, -0.15) is 0 Å². The summed E-state index contributed by atoms with van der Waals surface area (Å²) in [5.41, 5.74) is -0.102. The first kappa shape index (κ1) is 24.0. The molecule has 2 aliphatic heterocycles. The van der Waals surface area contributed by atoms with Crippen molar-refractivity contribution in [1.82, 2.24) is 13.9 Å². The molecule has 4 unspecified atom stereocenters. The van der Waals surface area contributed by atoms with Crippen LogP contribution in [0.4, 0.5) is 5.69 Å². The van der Waals surface area contributed by atoms with Gasteiger partial charge in [-0.3, -0.25) is 9.59 Å². The molecule has 1 saturated carbocycles. The van der Waals surface area contributed by atoms with E-state index in [1.165, 1.54) is 27.4 Å². The third kappa shape index (κ3) is 3.06. The third-order valence-electron chi connectivity index (χ3n) is 8.36. The van der Waals surface area contributed by atoms with Gasteiger partial charge >= 0.3 is 11.4 Å². The summed E-state index contributed by atoms with van der Waals surface area (Å²) in [6.07, 6.45) is 2.10. The van der Waals surface area contributed by atoms with E-state index >= 15 is 0 Å². The fraction of sp³-hybridized carbons (Fsp3) is 0.357. The average molecular weight is 517 g/mol. The van der Waals surface area contributed by atoms with Gasteiger partial charge in [-0.05, 0) is 55.7 Å². The molecule has 0 spiro atoms. The number of amides is 2. The van der Waals surface area contributed by atoms with Gasteiger partial charge in [0.05, 0.1) is 36.2 Å². The number of hydrogen-bond donors (Lipinski definition) is 1. The first-order chi connectivity index (χ1) is 18.2. The SMILES string of the molecule is CCOc1cc(C2C3=CCn4c(=O)n(C)c(=O)n4C3CC3C(=O)N(c4ccccc4)C(=O)C32C)ccc1O. The van der Waals surface area contributed by atoms with E-state index in [1.807, 2.05) is 26.0 Å². The molecule has 3 aromatic rings. The molecule has 10 nitrogen and oxygen atoms in total. The Morgan fingerprint density at radius 2 is 1.79 bits per heavy atom. The number of para-hydroxylation sites is 1. The Balaban J connectivity index is 1.59. The number of aromatic hydroxyl groups is 1. The summed E-state index contributed by atoms with van der Waals surface area (Å²) in [6, 6.07) is 13.2. The zero-order valence-corrected chi connectivity index (χ0v) is 21.3. The molecular weight excluding hydrogens is 488 g/mol. The number of nitrogens with zero attached hydrogens (tertiary/aromatic N) is 4. The summed E-state index contributed by atoms with van der Waals surface area (Å²) < 4.78 is 9.52. The average Bonchev–Trinajstić information content (AvgIpc) is 3.25. The number of allylic oxidation sites excluding steroid dienone is 2. The van der Waals surface area contributed by atoms with Crippen LogP contribution in [0.3, 0.4) is 0 Å². The van der Waals surface area contributed by atoms with Crippen LogP contribution in [0.15, 0.2) is 69.8 Å². The zero-order valence-electron chi connectivity index (χ0n) is 21.3. The maximum Gasteiger partial charge on any atom is 0.347 e. The lowest BCUT2D eigenvalue weighted by molar-refractivity contribution is -0.129. The second-order valence-corrected chi connectivity index (χ2v) is 10.2. The molecule has 1 aromatic heterocycles. The van der Waals surface area contributed by atoms with Crippen molar-refractivity contribution in [2.75, 3.05) is 11.5 Å². The van der Waals surface area contributed by atoms with E-state index in [-0.39, 0.29) is 36.3 Å².